The van der Waals surface area contributed by atoms with Crippen LogP contribution in [0.1, 0.15) is 16.4 Å². The number of nitrogens with zero attached hydrogens (tertiary/aromatic N) is 1. The van der Waals surface area contributed by atoms with Gasteiger partial charge >= 0.3 is 0 Å². The highest BCUT2D eigenvalue weighted by Crippen LogP contribution is 2.33. The summed E-state index contributed by atoms with van der Waals surface area (Å²) < 4.78 is 99.3. The van der Waals surface area contributed by atoms with Gasteiger partial charge in [0.25, 0.3) is 0 Å². The standard InChI is InChI=1S/C18H12BrN/c19-15-9-3-6-12-18(15)20-16-10-4-1-7-13(16)14-8-2-5-11-17(14)20/h1-12H/i1D,2D,3D,4D,5D,6D,7D,8D,9D,10D,11D,12D. The van der Waals surface area contributed by atoms with Crippen molar-refractivity contribution < 1.29 is 16.4 Å². The zero-order valence-corrected chi connectivity index (χ0v) is 11.4. The zero-order valence-electron chi connectivity index (χ0n) is 21.8. The highest BCUT2D eigenvalue weighted by Gasteiger charge is 2.12. The first-order chi connectivity index (χ1) is 14.8. The molecule has 1 heterocycles. The first kappa shape index (κ1) is 4.74. The van der Waals surface area contributed by atoms with Crippen molar-refractivity contribution in [3.63, 3.8) is 0 Å². The third-order valence-electron chi connectivity index (χ3n) is 2.88. The Balaban J connectivity index is 2.50. The minimum Gasteiger partial charge on any atom is -0.308 e. The molecule has 0 fully saturated rings. The molecule has 4 aromatic rings. The van der Waals surface area contributed by atoms with Gasteiger partial charge in [-0.2, -0.15) is 0 Å². The summed E-state index contributed by atoms with van der Waals surface area (Å²) in [5.41, 5.74) is -0.668. The Labute approximate surface area is 142 Å². The maximum absolute atomic E-state index is 8.45. The van der Waals surface area contributed by atoms with E-state index in [4.69, 9.17) is 16.4 Å². The second-order valence-corrected chi connectivity index (χ2v) is 4.74. The Morgan fingerprint density at radius 3 is 1.85 bits per heavy atom. The number of para-hydroxylation sites is 3. The van der Waals surface area contributed by atoms with Crippen LogP contribution in [-0.2, 0) is 0 Å². The van der Waals surface area contributed by atoms with Crippen LogP contribution < -0.4 is 0 Å². The molecule has 0 radical (unpaired) electrons. The molecular formula is C18H12BrN. The number of fused-ring (bicyclic) bond motifs is 3. The molecule has 20 heavy (non-hydrogen) atoms. The summed E-state index contributed by atoms with van der Waals surface area (Å²) in [6.07, 6.45) is 0. The average Bonchev–Trinajstić information content (AvgIpc) is 3.12. The Morgan fingerprint density at radius 1 is 0.700 bits per heavy atom. The number of aromatic nitrogens is 1. The molecule has 96 valence electrons. The lowest BCUT2D eigenvalue weighted by Crippen LogP contribution is -1.94. The van der Waals surface area contributed by atoms with Crippen LogP contribution in [0.25, 0.3) is 27.5 Å². The highest BCUT2D eigenvalue weighted by molar-refractivity contribution is 9.10. The van der Waals surface area contributed by atoms with Gasteiger partial charge in [-0.1, -0.05) is 48.3 Å². The minimum absolute atomic E-state index is 0.123. The van der Waals surface area contributed by atoms with Crippen molar-refractivity contribution in [1.29, 1.82) is 0 Å². The van der Waals surface area contributed by atoms with Crippen molar-refractivity contribution in [3.05, 3.63) is 77.0 Å². The summed E-state index contributed by atoms with van der Waals surface area (Å²) in [4.78, 5) is 0. The third kappa shape index (κ3) is 1.61. The van der Waals surface area contributed by atoms with Crippen molar-refractivity contribution in [2.24, 2.45) is 0 Å². The van der Waals surface area contributed by atoms with E-state index in [0.29, 0.717) is 0 Å². The summed E-state index contributed by atoms with van der Waals surface area (Å²) in [5, 5.41) is -0.338. The van der Waals surface area contributed by atoms with Gasteiger partial charge in [-0.3, -0.25) is 0 Å². The smallest absolute Gasteiger partial charge is 0.0645 e. The second kappa shape index (κ2) is 4.50. The van der Waals surface area contributed by atoms with Crippen LogP contribution in [0.15, 0.2) is 77.0 Å². The molecular weight excluding hydrogens is 310 g/mol. The quantitative estimate of drug-likeness (QED) is 0.430. The van der Waals surface area contributed by atoms with E-state index in [1.165, 1.54) is 0 Å². The minimum atomic E-state index is -0.612. The van der Waals surface area contributed by atoms with E-state index >= 15 is 0 Å². The molecule has 0 saturated carbocycles. The maximum atomic E-state index is 8.45. The van der Waals surface area contributed by atoms with Crippen molar-refractivity contribution in [2.75, 3.05) is 0 Å². The number of benzene rings is 3. The van der Waals surface area contributed by atoms with Gasteiger partial charge < -0.3 is 4.57 Å². The van der Waals surface area contributed by atoms with Crippen LogP contribution in [0.3, 0.4) is 0 Å². The number of rotatable bonds is 1. The van der Waals surface area contributed by atoms with E-state index < -0.39 is 72.5 Å². The molecule has 0 bridgehead atoms. The van der Waals surface area contributed by atoms with E-state index in [-0.39, 0.29) is 32.0 Å². The molecule has 0 spiro atoms. The zero-order chi connectivity index (χ0) is 24.0. The highest BCUT2D eigenvalue weighted by atomic mass is 79.9. The summed E-state index contributed by atoms with van der Waals surface area (Å²) in [7, 11) is 0. The molecule has 3 aromatic carbocycles. The van der Waals surface area contributed by atoms with E-state index in [2.05, 4.69) is 15.9 Å². The van der Waals surface area contributed by atoms with Crippen LogP contribution in [0.5, 0.6) is 0 Å². The first-order valence-corrected chi connectivity index (χ1v) is 6.40. The van der Waals surface area contributed by atoms with Gasteiger partial charge in [-0.05, 0) is 40.1 Å². The van der Waals surface area contributed by atoms with E-state index in [9.17, 15) is 0 Å². The van der Waals surface area contributed by atoms with E-state index in [1.54, 1.807) is 0 Å². The lowest BCUT2D eigenvalue weighted by molar-refractivity contribution is 1.17. The summed E-state index contributed by atoms with van der Waals surface area (Å²) >= 11 is 3.15. The van der Waals surface area contributed by atoms with Gasteiger partial charge in [-0.25, -0.2) is 0 Å². The van der Waals surface area contributed by atoms with Gasteiger partial charge in [0, 0.05) is 15.2 Å². The van der Waals surface area contributed by atoms with Gasteiger partial charge in [-0.15, -0.1) is 0 Å². The van der Waals surface area contributed by atoms with Crippen LogP contribution in [0.2, 0.25) is 0 Å². The number of halogens is 1. The van der Waals surface area contributed by atoms with Crippen molar-refractivity contribution in [2.45, 2.75) is 0 Å². The molecule has 0 N–H and O–H groups in total. The van der Waals surface area contributed by atoms with Crippen molar-refractivity contribution in [1.82, 2.24) is 4.57 Å². The van der Waals surface area contributed by atoms with Crippen molar-refractivity contribution >= 4 is 37.7 Å². The predicted molar refractivity (Wildman–Crippen MR) is 88.5 cm³/mol. The van der Waals surface area contributed by atoms with Crippen LogP contribution >= 0.6 is 15.9 Å². The molecule has 1 aromatic heterocycles. The van der Waals surface area contributed by atoms with Crippen LogP contribution in [0, 0.1) is 0 Å². The van der Waals surface area contributed by atoms with E-state index in [0.717, 1.165) is 4.57 Å². The van der Waals surface area contributed by atoms with Crippen LogP contribution in [-0.4, -0.2) is 4.57 Å². The monoisotopic (exact) mass is 333 g/mol. The topological polar surface area (TPSA) is 4.93 Å². The third-order valence-corrected chi connectivity index (χ3v) is 3.45. The molecule has 4 rings (SSSR count). The molecule has 0 amide bonds. The number of hydrogen-bond acceptors (Lipinski definition) is 0. The Bertz CT molecular complexity index is 1400. The van der Waals surface area contributed by atoms with Gasteiger partial charge in [0.1, 0.15) is 0 Å². The Hall–Kier alpha value is -2.06. The largest absolute Gasteiger partial charge is 0.308 e. The second-order valence-electron chi connectivity index (χ2n) is 3.95. The van der Waals surface area contributed by atoms with Gasteiger partial charge in [0.2, 0.25) is 0 Å². The fourth-order valence-corrected chi connectivity index (χ4v) is 2.46. The molecule has 0 aliphatic heterocycles. The lowest BCUT2D eigenvalue weighted by Gasteiger charge is -2.09. The Kier molecular flexibility index (Phi) is 1.07. The van der Waals surface area contributed by atoms with Gasteiger partial charge in [0.15, 0.2) is 0 Å². The van der Waals surface area contributed by atoms with E-state index in [1.807, 2.05) is 0 Å². The molecule has 1 nitrogen and oxygen atoms in total. The average molecular weight is 334 g/mol. The molecule has 2 heteroatoms. The van der Waals surface area contributed by atoms with Gasteiger partial charge in [0.05, 0.1) is 33.2 Å². The van der Waals surface area contributed by atoms with Crippen LogP contribution in [0.4, 0.5) is 0 Å². The SMILES string of the molecule is [2H]c1c([2H])c([2H])c(-n2c3c([2H])c([2H])c([2H])c([2H])c3c3c([2H])c([2H])c([2H])c([2H])c32)c(Br)c1[2H]. The molecule has 0 unspecified atom stereocenters. The molecule has 0 aliphatic rings. The molecule has 0 saturated heterocycles. The predicted octanol–water partition coefficient (Wildman–Crippen LogP) is 5.55. The molecule has 0 aliphatic carbocycles. The lowest BCUT2D eigenvalue weighted by atomic mass is 10.2. The fourth-order valence-electron chi connectivity index (χ4n) is 2.09. The summed E-state index contributed by atoms with van der Waals surface area (Å²) in [6.45, 7) is 0. The first-order valence-electron chi connectivity index (χ1n) is 11.6. The fraction of sp³-hybridized carbons (Fsp3) is 0. The van der Waals surface area contributed by atoms with Crippen molar-refractivity contribution in [3.8, 4) is 5.69 Å². The normalized spacial score (nSPS) is 19.6. The Morgan fingerprint density at radius 2 is 1.20 bits per heavy atom. The maximum Gasteiger partial charge on any atom is 0.0645 e. The molecule has 0 atom stereocenters. The summed E-state index contributed by atoms with van der Waals surface area (Å²) in [6, 6.07) is -6.68. The number of hydrogen-bond donors (Lipinski definition) is 0. The summed E-state index contributed by atoms with van der Waals surface area (Å²) in [5.74, 6) is 0.